The molecule has 1 aromatic carbocycles. The molecule has 0 radical (unpaired) electrons. The van der Waals surface area contributed by atoms with Gasteiger partial charge in [0.2, 0.25) is 0 Å². The number of thiazole rings is 1. The smallest absolute Gasteiger partial charge is 0.183 e. The van der Waals surface area contributed by atoms with Crippen LogP contribution in [0.25, 0.3) is 10.2 Å². The molecule has 0 bridgehead atoms. The highest BCUT2D eigenvalue weighted by molar-refractivity contribution is 7.22. The number of nitrogens with one attached hydrogen (secondary N) is 1. The fourth-order valence-corrected chi connectivity index (χ4v) is 2.08. The number of aromatic nitrogens is 1. The van der Waals surface area contributed by atoms with Crippen LogP contribution in [-0.4, -0.2) is 18.2 Å². The molecule has 0 saturated heterocycles. The zero-order chi connectivity index (χ0) is 9.97. The summed E-state index contributed by atoms with van der Waals surface area (Å²) in [6, 6.07) is 5.92. The number of hydrazone groups is 1. The van der Waals surface area contributed by atoms with Crippen LogP contribution in [0.1, 0.15) is 5.56 Å². The van der Waals surface area contributed by atoms with E-state index >= 15 is 0 Å². The number of nitrogens with zero attached hydrogens (tertiary/aromatic N) is 2. The van der Waals surface area contributed by atoms with Crippen molar-refractivity contribution >= 4 is 32.9 Å². The van der Waals surface area contributed by atoms with Crippen LogP contribution in [0.4, 0.5) is 5.13 Å². The standard InChI is InChI=1S/C9H10N4S/c1-11-9-13-7-3-2-6(5-12-10)4-8(7)14-9/h2-5H,10H2,1H3,(H,11,13). The molecule has 72 valence electrons. The van der Waals surface area contributed by atoms with Crippen molar-refractivity contribution in [2.75, 3.05) is 12.4 Å². The van der Waals surface area contributed by atoms with Gasteiger partial charge in [0.1, 0.15) is 0 Å². The number of benzene rings is 1. The number of hydrogen-bond donors (Lipinski definition) is 2. The molecule has 2 aromatic rings. The maximum atomic E-state index is 5.08. The van der Waals surface area contributed by atoms with Crippen molar-refractivity contribution in [3.05, 3.63) is 23.8 Å². The van der Waals surface area contributed by atoms with Gasteiger partial charge in [-0.2, -0.15) is 5.10 Å². The number of nitrogens with two attached hydrogens (primary N) is 1. The molecule has 1 heterocycles. The van der Waals surface area contributed by atoms with Crippen LogP contribution < -0.4 is 11.2 Å². The van der Waals surface area contributed by atoms with Crippen molar-refractivity contribution in [2.24, 2.45) is 10.9 Å². The first kappa shape index (κ1) is 8.96. The number of anilines is 1. The van der Waals surface area contributed by atoms with E-state index in [0.29, 0.717) is 0 Å². The summed E-state index contributed by atoms with van der Waals surface area (Å²) in [5.74, 6) is 5.08. The van der Waals surface area contributed by atoms with Gasteiger partial charge < -0.3 is 11.2 Å². The highest BCUT2D eigenvalue weighted by Gasteiger charge is 2.01. The van der Waals surface area contributed by atoms with Crippen molar-refractivity contribution < 1.29 is 0 Å². The van der Waals surface area contributed by atoms with Crippen LogP contribution in [0.2, 0.25) is 0 Å². The average Bonchev–Trinajstić information content (AvgIpc) is 2.60. The van der Waals surface area contributed by atoms with Gasteiger partial charge in [0.15, 0.2) is 5.13 Å². The lowest BCUT2D eigenvalue weighted by Gasteiger charge is -1.90. The summed E-state index contributed by atoms with van der Waals surface area (Å²) < 4.78 is 1.13. The highest BCUT2D eigenvalue weighted by atomic mass is 32.1. The summed E-state index contributed by atoms with van der Waals surface area (Å²) in [5, 5.41) is 7.42. The molecule has 0 atom stereocenters. The second-order valence-electron chi connectivity index (χ2n) is 2.77. The summed E-state index contributed by atoms with van der Waals surface area (Å²) in [6.45, 7) is 0. The van der Waals surface area contributed by atoms with Gasteiger partial charge >= 0.3 is 0 Å². The predicted molar refractivity (Wildman–Crippen MR) is 60.9 cm³/mol. The molecule has 14 heavy (non-hydrogen) atoms. The molecule has 5 heteroatoms. The summed E-state index contributed by atoms with van der Waals surface area (Å²) in [4.78, 5) is 4.36. The number of fused-ring (bicyclic) bond motifs is 1. The monoisotopic (exact) mass is 206 g/mol. The van der Waals surface area contributed by atoms with E-state index in [1.807, 2.05) is 25.2 Å². The lowest BCUT2D eigenvalue weighted by atomic mass is 10.2. The molecule has 0 saturated carbocycles. The zero-order valence-corrected chi connectivity index (χ0v) is 8.51. The maximum Gasteiger partial charge on any atom is 0.183 e. The van der Waals surface area contributed by atoms with Crippen molar-refractivity contribution in [1.29, 1.82) is 0 Å². The van der Waals surface area contributed by atoms with Gasteiger partial charge in [-0.25, -0.2) is 4.98 Å². The lowest BCUT2D eigenvalue weighted by Crippen LogP contribution is -1.85. The van der Waals surface area contributed by atoms with Crippen molar-refractivity contribution in [3.8, 4) is 0 Å². The first-order valence-electron chi connectivity index (χ1n) is 4.15. The first-order chi connectivity index (χ1) is 6.83. The minimum absolute atomic E-state index is 0.918. The third kappa shape index (κ3) is 1.54. The number of rotatable bonds is 2. The normalized spacial score (nSPS) is 11.2. The van der Waals surface area contributed by atoms with Gasteiger partial charge in [-0.15, -0.1) is 0 Å². The fourth-order valence-electron chi connectivity index (χ4n) is 1.21. The lowest BCUT2D eigenvalue weighted by molar-refractivity contribution is 1.26. The predicted octanol–water partition coefficient (Wildman–Crippen LogP) is 1.63. The third-order valence-electron chi connectivity index (χ3n) is 1.85. The zero-order valence-electron chi connectivity index (χ0n) is 7.69. The van der Waals surface area contributed by atoms with Crippen molar-refractivity contribution in [3.63, 3.8) is 0 Å². The Morgan fingerprint density at radius 1 is 1.57 bits per heavy atom. The number of hydrogen-bond acceptors (Lipinski definition) is 5. The molecule has 0 amide bonds. The summed E-state index contributed by atoms with van der Waals surface area (Å²) >= 11 is 1.61. The highest BCUT2D eigenvalue weighted by Crippen LogP contribution is 2.25. The molecule has 0 unspecified atom stereocenters. The van der Waals surface area contributed by atoms with Gasteiger partial charge in [0.05, 0.1) is 16.4 Å². The molecule has 0 aliphatic carbocycles. The van der Waals surface area contributed by atoms with E-state index in [2.05, 4.69) is 15.4 Å². The molecular weight excluding hydrogens is 196 g/mol. The average molecular weight is 206 g/mol. The topological polar surface area (TPSA) is 63.3 Å². The van der Waals surface area contributed by atoms with Gasteiger partial charge in [0.25, 0.3) is 0 Å². The van der Waals surface area contributed by atoms with Crippen LogP contribution in [-0.2, 0) is 0 Å². The molecule has 4 nitrogen and oxygen atoms in total. The quantitative estimate of drug-likeness (QED) is 0.446. The Balaban J connectivity index is 2.53. The van der Waals surface area contributed by atoms with Crippen LogP contribution >= 0.6 is 11.3 Å². The molecule has 0 spiro atoms. The molecule has 2 rings (SSSR count). The largest absolute Gasteiger partial charge is 0.365 e. The summed E-state index contributed by atoms with van der Waals surface area (Å²) in [5.41, 5.74) is 1.99. The summed E-state index contributed by atoms with van der Waals surface area (Å²) in [6.07, 6.45) is 1.62. The van der Waals surface area contributed by atoms with Crippen molar-refractivity contribution in [1.82, 2.24) is 4.98 Å². The minimum Gasteiger partial charge on any atom is -0.365 e. The van der Waals surface area contributed by atoms with E-state index in [1.54, 1.807) is 17.6 Å². The van der Waals surface area contributed by atoms with Crippen LogP contribution in [0.15, 0.2) is 23.3 Å². The SMILES string of the molecule is CNc1nc2ccc(C=NN)cc2s1. The van der Waals surface area contributed by atoms with Crippen LogP contribution in [0.3, 0.4) is 0 Å². The van der Waals surface area contributed by atoms with Gasteiger partial charge in [-0.1, -0.05) is 17.4 Å². The van der Waals surface area contributed by atoms with Crippen molar-refractivity contribution in [2.45, 2.75) is 0 Å². The second kappa shape index (κ2) is 3.63. The van der Waals surface area contributed by atoms with E-state index < -0.39 is 0 Å². The molecule has 0 aliphatic heterocycles. The Labute approximate surface area is 85.5 Å². The van der Waals surface area contributed by atoms with Gasteiger partial charge in [0, 0.05) is 7.05 Å². The van der Waals surface area contributed by atoms with E-state index in [1.165, 1.54) is 0 Å². The van der Waals surface area contributed by atoms with Gasteiger partial charge in [-0.3, -0.25) is 0 Å². The molecular formula is C9H10N4S. The van der Waals surface area contributed by atoms with Gasteiger partial charge in [-0.05, 0) is 17.7 Å². The molecule has 3 N–H and O–H groups in total. The Kier molecular flexibility index (Phi) is 2.32. The second-order valence-corrected chi connectivity index (χ2v) is 3.80. The Morgan fingerprint density at radius 3 is 3.14 bits per heavy atom. The van der Waals surface area contributed by atoms with E-state index in [4.69, 9.17) is 5.84 Å². The Hall–Kier alpha value is -1.62. The molecule has 0 aliphatic rings. The Bertz CT molecular complexity index is 475. The molecule has 1 aromatic heterocycles. The fraction of sp³-hybridized carbons (Fsp3) is 0.111. The van der Waals surface area contributed by atoms with Crippen LogP contribution in [0.5, 0.6) is 0 Å². The van der Waals surface area contributed by atoms with E-state index in [9.17, 15) is 0 Å². The first-order valence-corrected chi connectivity index (χ1v) is 4.97. The minimum atomic E-state index is 0.918. The van der Waals surface area contributed by atoms with E-state index in [-0.39, 0.29) is 0 Å². The Morgan fingerprint density at radius 2 is 2.43 bits per heavy atom. The summed E-state index contributed by atoms with van der Waals surface area (Å²) in [7, 11) is 1.86. The maximum absolute atomic E-state index is 5.08. The molecule has 0 fully saturated rings. The van der Waals surface area contributed by atoms with E-state index in [0.717, 1.165) is 20.9 Å². The third-order valence-corrected chi connectivity index (χ3v) is 2.89. The van der Waals surface area contributed by atoms with Crippen LogP contribution in [0, 0.1) is 0 Å².